The van der Waals surface area contributed by atoms with E-state index in [1.165, 1.54) is 11.2 Å². The normalized spacial score (nSPS) is 33.1. The van der Waals surface area contributed by atoms with Crippen molar-refractivity contribution in [2.75, 3.05) is 6.54 Å². The molecule has 1 aliphatic heterocycles. The number of carboxylic acids is 1. The Bertz CT molecular complexity index is 387. The Hall–Kier alpha value is -0.620. The van der Waals surface area contributed by atoms with Crippen LogP contribution < -0.4 is 0 Å². The van der Waals surface area contributed by atoms with Crippen LogP contribution >= 0.6 is 0 Å². The molecule has 2 rings (SSSR count). The third kappa shape index (κ3) is 1.56. The zero-order valence-corrected chi connectivity index (χ0v) is 9.46. The molecule has 1 aliphatic carbocycles. The fraction of sp³-hybridized carbons (Fsp3) is 0.889. The monoisotopic (exact) mass is 233 g/mol. The van der Waals surface area contributed by atoms with E-state index >= 15 is 0 Å². The van der Waals surface area contributed by atoms with Gasteiger partial charge in [-0.25, -0.2) is 8.42 Å². The molecule has 1 saturated carbocycles. The van der Waals surface area contributed by atoms with Gasteiger partial charge in [-0.3, -0.25) is 4.79 Å². The van der Waals surface area contributed by atoms with Crippen molar-refractivity contribution < 1.29 is 18.3 Å². The number of rotatable bonds is 3. The van der Waals surface area contributed by atoms with Crippen molar-refractivity contribution in [1.82, 2.24) is 4.31 Å². The first kappa shape index (κ1) is 10.9. The smallest absolute Gasteiger partial charge is 0.324 e. The standard InChI is InChI=1S/C9H15NO4S/c1-9(8(11)12)5-2-6-10(9)15(13,14)7-3-4-7/h7H,2-6H2,1H3,(H,11,12). The minimum absolute atomic E-state index is 0.325. The van der Waals surface area contributed by atoms with Crippen molar-refractivity contribution in [3.05, 3.63) is 0 Å². The summed E-state index contributed by atoms with van der Waals surface area (Å²) < 4.78 is 25.1. The molecule has 1 N–H and O–H groups in total. The van der Waals surface area contributed by atoms with E-state index in [0.29, 0.717) is 32.2 Å². The molecule has 2 fully saturated rings. The van der Waals surface area contributed by atoms with E-state index < -0.39 is 21.5 Å². The quantitative estimate of drug-likeness (QED) is 0.766. The van der Waals surface area contributed by atoms with E-state index in [4.69, 9.17) is 5.11 Å². The molecule has 1 heterocycles. The van der Waals surface area contributed by atoms with E-state index in [9.17, 15) is 13.2 Å². The van der Waals surface area contributed by atoms with Crippen molar-refractivity contribution in [1.29, 1.82) is 0 Å². The highest BCUT2D eigenvalue weighted by Crippen LogP contribution is 2.39. The second-order valence-electron chi connectivity index (χ2n) is 4.50. The lowest BCUT2D eigenvalue weighted by Gasteiger charge is -2.30. The highest BCUT2D eigenvalue weighted by Gasteiger charge is 2.53. The maximum atomic E-state index is 12.0. The predicted molar refractivity (Wildman–Crippen MR) is 53.9 cm³/mol. The SMILES string of the molecule is CC1(C(=O)O)CCCN1S(=O)(=O)C1CC1. The average molecular weight is 233 g/mol. The van der Waals surface area contributed by atoms with E-state index in [1.807, 2.05) is 0 Å². The molecule has 0 aromatic heterocycles. The second-order valence-corrected chi connectivity index (χ2v) is 6.64. The van der Waals surface area contributed by atoms with Crippen molar-refractivity contribution >= 4 is 16.0 Å². The molecule has 0 aromatic carbocycles. The molecule has 2 aliphatic rings. The summed E-state index contributed by atoms with van der Waals surface area (Å²) in [6.07, 6.45) is 2.39. The number of carbonyl (C=O) groups is 1. The molecule has 1 atom stereocenters. The van der Waals surface area contributed by atoms with Gasteiger partial charge in [-0.1, -0.05) is 0 Å². The summed E-state index contributed by atoms with van der Waals surface area (Å²) in [5.41, 5.74) is -1.22. The molecule has 0 spiro atoms. The zero-order valence-electron chi connectivity index (χ0n) is 8.64. The Morgan fingerprint density at radius 1 is 1.47 bits per heavy atom. The molecular formula is C9H15NO4S. The van der Waals surface area contributed by atoms with E-state index in [-0.39, 0.29) is 5.25 Å². The number of hydrogen-bond acceptors (Lipinski definition) is 3. The highest BCUT2D eigenvalue weighted by atomic mass is 32.2. The number of sulfonamides is 1. The molecule has 5 nitrogen and oxygen atoms in total. The largest absolute Gasteiger partial charge is 0.480 e. The topological polar surface area (TPSA) is 74.7 Å². The van der Waals surface area contributed by atoms with Crippen LogP contribution in [0.4, 0.5) is 0 Å². The van der Waals surface area contributed by atoms with Crippen LogP contribution in [-0.2, 0) is 14.8 Å². The van der Waals surface area contributed by atoms with E-state index in [1.54, 1.807) is 0 Å². The van der Waals surface area contributed by atoms with Gasteiger partial charge in [0, 0.05) is 6.54 Å². The van der Waals surface area contributed by atoms with Crippen LogP contribution in [0.1, 0.15) is 32.6 Å². The maximum Gasteiger partial charge on any atom is 0.324 e. The third-order valence-electron chi connectivity index (χ3n) is 3.29. The van der Waals surface area contributed by atoms with Gasteiger partial charge >= 0.3 is 5.97 Å². The van der Waals surface area contributed by atoms with E-state index in [2.05, 4.69) is 0 Å². The molecule has 1 saturated heterocycles. The predicted octanol–water partition coefficient (Wildman–Crippen LogP) is 0.418. The number of hydrogen-bond donors (Lipinski definition) is 1. The molecule has 1 unspecified atom stereocenters. The van der Waals surface area contributed by atoms with Crippen molar-refractivity contribution in [3.63, 3.8) is 0 Å². The number of aliphatic carboxylic acids is 1. The summed E-state index contributed by atoms with van der Waals surface area (Å²) in [7, 11) is -3.37. The van der Waals surface area contributed by atoms with E-state index in [0.717, 1.165) is 0 Å². The Morgan fingerprint density at radius 2 is 2.07 bits per heavy atom. The van der Waals surface area contributed by atoms with Crippen LogP contribution in [0.15, 0.2) is 0 Å². The summed E-state index contributed by atoms with van der Waals surface area (Å²) in [6.45, 7) is 1.85. The van der Waals surface area contributed by atoms with Gasteiger partial charge in [0.05, 0.1) is 5.25 Å². The van der Waals surface area contributed by atoms with Gasteiger partial charge in [0.25, 0.3) is 0 Å². The molecule has 6 heteroatoms. The van der Waals surface area contributed by atoms with Crippen LogP contribution in [0.5, 0.6) is 0 Å². The van der Waals surface area contributed by atoms with Crippen LogP contribution in [0.2, 0.25) is 0 Å². The Kier molecular flexibility index (Phi) is 2.31. The lowest BCUT2D eigenvalue weighted by molar-refractivity contribution is -0.146. The lowest BCUT2D eigenvalue weighted by Crippen LogP contribution is -2.51. The number of nitrogens with zero attached hydrogens (tertiary/aromatic N) is 1. The lowest BCUT2D eigenvalue weighted by atomic mass is 10.0. The zero-order chi connectivity index (χ0) is 11.3. The second kappa shape index (κ2) is 3.18. The summed E-state index contributed by atoms with van der Waals surface area (Å²) in [5, 5.41) is 8.78. The first-order valence-corrected chi connectivity index (χ1v) is 6.64. The van der Waals surface area contributed by atoms with Gasteiger partial charge in [0.15, 0.2) is 0 Å². The molecule has 0 radical (unpaired) electrons. The summed E-state index contributed by atoms with van der Waals surface area (Å²) in [6, 6.07) is 0. The average Bonchev–Trinajstić information content (AvgIpc) is 2.90. The number of carboxylic acid groups (broad SMARTS) is 1. The van der Waals surface area contributed by atoms with Crippen LogP contribution in [0, 0.1) is 0 Å². The Labute approximate surface area is 89.1 Å². The van der Waals surface area contributed by atoms with Gasteiger partial charge in [-0.2, -0.15) is 4.31 Å². The Balaban J connectivity index is 2.32. The first-order chi connectivity index (χ1) is 6.89. The molecule has 86 valence electrons. The fourth-order valence-corrected chi connectivity index (χ4v) is 4.31. The van der Waals surface area contributed by atoms with Gasteiger partial charge in [0.2, 0.25) is 10.0 Å². The van der Waals surface area contributed by atoms with Gasteiger partial charge in [0.1, 0.15) is 5.54 Å². The maximum absolute atomic E-state index is 12.0. The van der Waals surface area contributed by atoms with Crippen LogP contribution in [-0.4, -0.2) is 41.1 Å². The highest BCUT2D eigenvalue weighted by molar-refractivity contribution is 7.90. The minimum Gasteiger partial charge on any atom is -0.480 e. The van der Waals surface area contributed by atoms with Crippen molar-refractivity contribution in [3.8, 4) is 0 Å². The van der Waals surface area contributed by atoms with Crippen molar-refractivity contribution in [2.24, 2.45) is 0 Å². The first-order valence-electron chi connectivity index (χ1n) is 5.14. The van der Waals surface area contributed by atoms with Crippen LogP contribution in [0.3, 0.4) is 0 Å². The molecule has 0 amide bonds. The third-order valence-corrected chi connectivity index (χ3v) is 5.80. The molecule has 0 aromatic rings. The summed E-state index contributed by atoms with van der Waals surface area (Å²) >= 11 is 0. The van der Waals surface area contributed by atoms with Gasteiger partial charge in [-0.05, 0) is 32.6 Å². The molecular weight excluding hydrogens is 218 g/mol. The molecule has 0 bridgehead atoms. The molecule has 15 heavy (non-hydrogen) atoms. The van der Waals surface area contributed by atoms with Gasteiger partial charge in [-0.15, -0.1) is 0 Å². The van der Waals surface area contributed by atoms with Gasteiger partial charge < -0.3 is 5.11 Å². The fourth-order valence-electron chi connectivity index (χ4n) is 2.11. The summed E-state index contributed by atoms with van der Waals surface area (Å²) in [4.78, 5) is 11.1. The minimum atomic E-state index is -3.37. The summed E-state index contributed by atoms with van der Waals surface area (Å²) in [5.74, 6) is -1.04. The Morgan fingerprint density at radius 3 is 2.53 bits per heavy atom. The van der Waals surface area contributed by atoms with Crippen molar-refractivity contribution in [2.45, 2.75) is 43.4 Å². The van der Waals surface area contributed by atoms with Crippen LogP contribution in [0.25, 0.3) is 0 Å².